The van der Waals surface area contributed by atoms with Crippen molar-refractivity contribution in [1.29, 1.82) is 0 Å². The lowest BCUT2D eigenvalue weighted by atomic mass is 10.3. The Kier molecular flexibility index (Phi) is 4.52. The molecule has 1 heterocycles. The zero-order valence-corrected chi connectivity index (χ0v) is 12.8. The highest BCUT2D eigenvalue weighted by molar-refractivity contribution is 7.90. The lowest BCUT2D eigenvalue weighted by Gasteiger charge is -2.08. The second-order valence-electron chi connectivity index (χ2n) is 4.12. The molecule has 4 nitrogen and oxygen atoms in total. The van der Waals surface area contributed by atoms with E-state index in [4.69, 9.17) is 27.9 Å². The minimum atomic E-state index is -3.20. The van der Waals surface area contributed by atoms with Crippen LogP contribution in [0.3, 0.4) is 0 Å². The summed E-state index contributed by atoms with van der Waals surface area (Å²) in [4.78, 5) is 4.15. The van der Waals surface area contributed by atoms with E-state index in [2.05, 4.69) is 4.98 Å². The third kappa shape index (κ3) is 3.85. The Labute approximate surface area is 127 Å². The van der Waals surface area contributed by atoms with Crippen LogP contribution in [0.15, 0.2) is 41.3 Å². The molecule has 2 rings (SSSR count). The van der Waals surface area contributed by atoms with Crippen molar-refractivity contribution in [2.45, 2.75) is 11.5 Å². The van der Waals surface area contributed by atoms with Crippen LogP contribution in [-0.2, 0) is 16.4 Å². The first-order chi connectivity index (χ1) is 9.36. The Morgan fingerprint density at radius 2 is 1.75 bits per heavy atom. The SMILES string of the molecule is CS(=O)(=O)c1ccc(OCc2ccc(Cl)nc2Cl)cc1. The Balaban J connectivity index is 2.08. The molecule has 0 saturated heterocycles. The van der Waals surface area contributed by atoms with E-state index in [1.54, 1.807) is 24.3 Å². The second kappa shape index (κ2) is 5.99. The lowest BCUT2D eigenvalue weighted by Crippen LogP contribution is -1.99. The predicted molar refractivity (Wildman–Crippen MR) is 78.1 cm³/mol. The molecule has 0 aliphatic heterocycles. The Bertz CT molecular complexity index is 715. The van der Waals surface area contributed by atoms with Crippen molar-refractivity contribution >= 4 is 33.0 Å². The quantitative estimate of drug-likeness (QED) is 0.806. The van der Waals surface area contributed by atoms with Gasteiger partial charge in [0.2, 0.25) is 0 Å². The zero-order valence-electron chi connectivity index (χ0n) is 10.5. The molecule has 0 unspecified atom stereocenters. The number of benzene rings is 1. The van der Waals surface area contributed by atoms with Crippen LogP contribution in [0.5, 0.6) is 5.75 Å². The number of hydrogen-bond acceptors (Lipinski definition) is 4. The molecule has 0 spiro atoms. The van der Waals surface area contributed by atoms with Gasteiger partial charge in [0, 0.05) is 11.8 Å². The van der Waals surface area contributed by atoms with Crippen molar-refractivity contribution in [3.05, 3.63) is 52.3 Å². The molecule has 0 saturated carbocycles. The van der Waals surface area contributed by atoms with Crippen LogP contribution in [0.1, 0.15) is 5.56 Å². The van der Waals surface area contributed by atoms with Gasteiger partial charge in [0.1, 0.15) is 22.7 Å². The summed E-state index contributed by atoms with van der Waals surface area (Å²) >= 11 is 11.6. The molecule has 106 valence electrons. The summed E-state index contributed by atoms with van der Waals surface area (Å²) < 4.78 is 28.2. The van der Waals surface area contributed by atoms with Crippen LogP contribution in [0.25, 0.3) is 0 Å². The summed E-state index contributed by atoms with van der Waals surface area (Å²) in [6, 6.07) is 9.52. The van der Waals surface area contributed by atoms with E-state index in [-0.39, 0.29) is 16.7 Å². The number of nitrogens with zero attached hydrogens (tertiary/aromatic N) is 1. The van der Waals surface area contributed by atoms with Gasteiger partial charge in [-0.25, -0.2) is 13.4 Å². The van der Waals surface area contributed by atoms with Crippen molar-refractivity contribution in [2.75, 3.05) is 6.26 Å². The van der Waals surface area contributed by atoms with Gasteiger partial charge in [-0.3, -0.25) is 0 Å². The van der Waals surface area contributed by atoms with E-state index >= 15 is 0 Å². The highest BCUT2D eigenvalue weighted by atomic mass is 35.5. The molecule has 0 aliphatic carbocycles. The predicted octanol–water partition coefficient (Wildman–Crippen LogP) is 3.37. The maximum atomic E-state index is 11.3. The Morgan fingerprint density at radius 3 is 2.30 bits per heavy atom. The molecule has 1 aromatic heterocycles. The largest absolute Gasteiger partial charge is 0.489 e. The van der Waals surface area contributed by atoms with Gasteiger partial charge in [0.25, 0.3) is 0 Å². The number of aromatic nitrogens is 1. The molecule has 0 N–H and O–H groups in total. The maximum Gasteiger partial charge on any atom is 0.175 e. The highest BCUT2D eigenvalue weighted by Gasteiger charge is 2.07. The molecule has 0 aliphatic rings. The zero-order chi connectivity index (χ0) is 14.8. The van der Waals surface area contributed by atoms with Crippen LogP contribution < -0.4 is 4.74 Å². The fraction of sp³-hybridized carbons (Fsp3) is 0.154. The molecule has 7 heteroatoms. The van der Waals surface area contributed by atoms with Crippen LogP contribution in [0.4, 0.5) is 0 Å². The average Bonchev–Trinajstić information content (AvgIpc) is 2.37. The number of rotatable bonds is 4. The normalized spacial score (nSPS) is 11.3. The van der Waals surface area contributed by atoms with Crippen LogP contribution in [-0.4, -0.2) is 19.7 Å². The molecule has 20 heavy (non-hydrogen) atoms. The topological polar surface area (TPSA) is 56.3 Å². The number of halogens is 2. The lowest BCUT2D eigenvalue weighted by molar-refractivity contribution is 0.305. The first-order valence-electron chi connectivity index (χ1n) is 5.60. The molecule has 1 aromatic carbocycles. The van der Waals surface area contributed by atoms with Gasteiger partial charge in [0.15, 0.2) is 9.84 Å². The van der Waals surface area contributed by atoms with Gasteiger partial charge in [-0.1, -0.05) is 23.2 Å². The van der Waals surface area contributed by atoms with Gasteiger partial charge in [0.05, 0.1) is 4.90 Å². The molecule has 0 radical (unpaired) electrons. The molecular formula is C13H11Cl2NO3S. The highest BCUT2D eigenvalue weighted by Crippen LogP contribution is 2.20. The van der Waals surface area contributed by atoms with Crippen LogP contribution >= 0.6 is 23.2 Å². The van der Waals surface area contributed by atoms with Crippen LogP contribution in [0, 0.1) is 0 Å². The third-order valence-electron chi connectivity index (χ3n) is 2.54. The Morgan fingerprint density at radius 1 is 1.10 bits per heavy atom. The summed E-state index contributed by atoms with van der Waals surface area (Å²) in [5.41, 5.74) is 0.697. The standard InChI is InChI=1S/C13H11Cl2NO3S/c1-20(17,18)11-5-3-10(4-6-11)19-8-9-2-7-12(14)16-13(9)15/h2-7H,8H2,1H3. The van der Waals surface area contributed by atoms with E-state index < -0.39 is 9.84 Å². The average molecular weight is 332 g/mol. The summed E-state index contributed by atoms with van der Waals surface area (Å²) in [5.74, 6) is 0.545. The number of pyridine rings is 1. The Hall–Kier alpha value is -1.30. The molecule has 2 aromatic rings. The van der Waals surface area contributed by atoms with Crippen molar-refractivity contribution < 1.29 is 13.2 Å². The van der Waals surface area contributed by atoms with Gasteiger partial charge < -0.3 is 4.74 Å². The minimum absolute atomic E-state index is 0.223. The van der Waals surface area contributed by atoms with Crippen molar-refractivity contribution in [3.63, 3.8) is 0 Å². The molecule has 0 atom stereocenters. The van der Waals surface area contributed by atoms with Crippen molar-refractivity contribution in [1.82, 2.24) is 4.98 Å². The van der Waals surface area contributed by atoms with E-state index in [9.17, 15) is 8.42 Å². The smallest absolute Gasteiger partial charge is 0.175 e. The fourth-order valence-electron chi connectivity index (χ4n) is 1.49. The van der Waals surface area contributed by atoms with E-state index in [1.807, 2.05) is 0 Å². The molecular weight excluding hydrogens is 321 g/mol. The molecule has 0 amide bonds. The fourth-order valence-corrected chi connectivity index (χ4v) is 2.52. The summed E-state index contributed by atoms with van der Waals surface area (Å²) in [6.07, 6.45) is 1.15. The van der Waals surface area contributed by atoms with Gasteiger partial charge >= 0.3 is 0 Å². The number of hydrogen-bond donors (Lipinski definition) is 0. The first kappa shape index (κ1) is 15.1. The van der Waals surface area contributed by atoms with Crippen molar-refractivity contribution in [3.8, 4) is 5.75 Å². The summed E-state index contributed by atoms with van der Waals surface area (Å²) in [6.45, 7) is 0.223. The van der Waals surface area contributed by atoms with Crippen LogP contribution in [0.2, 0.25) is 10.3 Å². The molecule has 0 fully saturated rings. The number of ether oxygens (including phenoxy) is 1. The monoisotopic (exact) mass is 331 g/mol. The van der Waals surface area contributed by atoms with Gasteiger partial charge in [-0.2, -0.15) is 0 Å². The van der Waals surface area contributed by atoms with Crippen molar-refractivity contribution in [2.24, 2.45) is 0 Å². The molecule has 0 bridgehead atoms. The maximum absolute atomic E-state index is 11.3. The second-order valence-corrected chi connectivity index (χ2v) is 6.88. The van der Waals surface area contributed by atoms with E-state index in [0.717, 1.165) is 6.26 Å². The summed E-state index contributed by atoms with van der Waals surface area (Å²) in [7, 11) is -3.20. The third-order valence-corrected chi connectivity index (χ3v) is 4.20. The number of sulfone groups is 1. The van der Waals surface area contributed by atoms with Gasteiger partial charge in [-0.05, 0) is 36.4 Å². The minimum Gasteiger partial charge on any atom is -0.489 e. The van der Waals surface area contributed by atoms with E-state index in [1.165, 1.54) is 12.1 Å². The summed E-state index contributed by atoms with van der Waals surface area (Å²) in [5, 5.41) is 0.599. The van der Waals surface area contributed by atoms with E-state index in [0.29, 0.717) is 16.5 Å². The first-order valence-corrected chi connectivity index (χ1v) is 8.25. The van der Waals surface area contributed by atoms with Gasteiger partial charge in [-0.15, -0.1) is 0 Å².